The van der Waals surface area contributed by atoms with Crippen LogP contribution in [0.15, 0.2) is 29.6 Å². The first-order valence-corrected chi connectivity index (χ1v) is 2.73. The Hall–Kier alpha value is -1.29. The molecule has 0 aliphatic carbocycles. The van der Waals surface area contributed by atoms with Crippen LogP contribution in [0.3, 0.4) is 0 Å². The molecule has 0 amide bonds. The quantitative estimate of drug-likeness (QED) is 0.283. The molecule has 0 bridgehead atoms. The second kappa shape index (κ2) is 4.51. The number of amidine groups is 1. The second-order valence-electron chi connectivity index (χ2n) is 1.70. The maximum atomic E-state index is 8.21. The molecule has 5 heteroatoms. The van der Waals surface area contributed by atoms with Gasteiger partial charge in [-0.15, -0.1) is 12.4 Å². The van der Waals surface area contributed by atoms with Crippen molar-refractivity contribution >= 4 is 18.2 Å². The summed E-state index contributed by atoms with van der Waals surface area (Å²) < 4.78 is 0. The van der Waals surface area contributed by atoms with Gasteiger partial charge in [0, 0.05) is 6.20 Å². The maximum Gasteiger partial charge on any atom is 0.188 e. The molecule has 0 aliphatic heterocycles. The SMILES string of the molecule is Cl.NC(=NO)c1ccccn1. The van der Waals surface area contributed by atoms with E-state index in [0.717, 1.165) is 0 Å². The van der Waals surface area contributed by atoms with Crippen LogP contribution < -0.4 is 5.73 Å². The van der Waals surface area contributed by atoms with E-state index < -0.39 is 0 Å². The van der Waals surface area contributed by atoms with Gasteiger partial charge in [-0.25, -0.2) is 0 Å². The fourth-order valence-electron chi connectivity index (χ4n) is 0.566. The monoisotopic (exact) mass is 173 g/mol. The molecule has 0 unspecified atom stereocenters. The molecule has 0 aliphatic rings. The van der Waals surface area contributed by atoms with E-state index in [-0.39, 0.29) is 18.2 Å². The van der Waals surface area contributed by atoms with Crippen molar-refractivity contribution < 1.29 is 5.21 Å². The van der Waals surface area contributed by atoms with Gasteiger partial charge in [0.1, 0.15) is 5.69 Å². The van der Waals surface area contributed by atoms with Gasteiger partial charge in [0.15, 0.2) is 5.84 Å². The highest BCUT2D eigenvalue weighted by molar-refractivity contribution is 5.94. The fraction of sp³-hybridized carbons (Fsp3) is 0. The lowest BCUT2D eigenvalue weighted by molar-refractivity contribution is 0.318. The molecular formula is C6H8ClN3O. The zero-order chi connectivity index (χ0) is 7.40. The second-order valence-corrected chi connectivity index (χ2v) is 1.70. The largest absolute Gasteiger partial charge is 0.409 e. The van der Waals surface area contributed by atoms with Gasteiger partial charge >= 0.3 is 0 Å². The van der Waals surface area contributed by atoms with Crippen LogP contribution in [0.2, 0.25) is 0 Å². The summed E-state index contributed by atoms with van der Waals surface area (Å²) in [6, 6.07) is 5.18. The van der Waals surface area contributed by atoms with Gasteiger partial charge in [-0.2, -0.15) is 0 Å². The topological polar surface area (TPSA) is 71.5 Å². The Balaban J connectivity index is 0.000001000. The minimum absolute atomic E-state index is 0. The lowest BCUT2D eigenvalue weighted by Gasteiger charge is -1.93. The standard InChI is InChI=1S/C6H7N3O.ClH/c7-6(9-10)5-3-1-2-4-8-5;/h1-4,10H,(H2,7,9);1H. The fourth-order valence-corrected chi connectivity index (χ4v) is 0.566. The summed E-state index contributed by atoms with van der Waals surface area (Å²) in [6.07, 6.45) is 1.58. The molecule has 0 spiro atoms. The van der Waals surface area contributed by atoms with E-state index in [0.29, 0.717) is 5.69 Å². The molecule has 4 nitrogen and oxygen atoms in total. The van der Waals surface area contributed by atoms with E-state index in [2.05, 4.69) is 10.1 Å². The molecule has 1 aromatic rings. The van der Waals surface area contributed by atoms with Crippen molar-refractivity contribution in [2.24, 2.45) is 10.9 Å². The highest BCUT2D eigenvalue weighted by atomic mass is 35.5. The Morgan fingerprint density at radius 2 is 2.27 bits per heavy atom. The molecule has 0 aromatic carbocycles. The summed E-state index contributed by atoms with van der Waals surface area (Å²) in [5.74, 6) is 0.0283. The third-order valence-corrected chi connectivity index (χ3v) is 1.04. The van der Waals surface area contributed by atoms with Gasteiger partial charge in [-0.1, -0.05) is 11.2 Å². The summed E-state index contributed by atoms with van der Waals surface area (Å²) in [7, 11) is 0. The average Bonchev–Trinajstić information content (AvgIpc) is 2.05. The van der Waals surface area contributed by atoms with Crippen LogP contribution in [0.4, 0.5) is 0 Å². The van der Waals surface area contributed by atoms with E-state index in [1.54, 1.807) is 24.4 Å². The number of nitrogens with zero attached hydrogens (tertiary/aromatic N) is 2. The number of hydrogen-bond donors (Lipinski definition) is 2. The van der Waals surface area contributed by atoms with Gasteiger partial charge in [0.25, 0.3) is 0 Å². The van der Waals surface area contributed by atoms with Crippen LogP contribution in [0, 0.1) is 0 Å². The predicted molar refractivity (Wildman–Crippen MR) is 44.0 cm³/mol. The lowest BCUT2D eigenvalue weighted by Crippen LogP contribution is -2.14. The third kappa shape index (κ3) is 2.43. The van der Waals surface area contributed by atoms with Gasteiger partial charge in [-0.05, 0) is 12.1 Å². The number of hydrogen-bond acceptors (Lipinski definition) is 3. The van der Waals surface area contributed by atoms with Gasteiger partial charge in [0.2, 0.25) is 0 Å². The Morgan fingerprint density at radius 3 is 2.73 bits per heavy atom. The van der Waals surface area contributed by atoms with Crippen molar-refractivity contribution in [3.8, 4) is 0 Å². The molecule has 0 fully saturated rings. The molecule has 60 valence electrons. The van der Waals surface area contributed by atoms with E-state index in [9.17, 15) is 0 Å². The molecule has 11 heavy (non-hydrogen) atoms. The zero-order valence-electron chi connectivity index (χ0n) is 5.64. The number of oxime groups is 1. The summed E-state index contributed by atoms with van der Waals surface area (Å²) >= 11 is 0. The summed E-state index contributed by atoms with van der Waals surface area (Å²) in [5, 5.41) is 11.0. The van der Waals surface area contributed by atoms with Crippen molar-refractivity contribution in [1.82, 2.24) is 4.98 Å². The lowest BCUT2D eigenvalue weighted by atomic mass is 10.3. The normalized spacial score (nSPS) is 10.4. The van der Waals surface area contributed by atoms with Crippen molar-refractivity contribution in [3.63, 3.8) is 0 Å². The number of halogens is 1. The van der Waals surface area contributed by atoms with Crippen LogP contribution in [-0.2, 0) is 0 Å². The van der Waals surface area contributed by atoms with Gasteiger partial charge < -0.3 is 10.9 Å². The van der Waals surface area contributed by atoms with E-state index in [4.69, 9.17) is 10.9 Å². The van der Waals surface area contributed by atoms with Crippen LogP contribution in [0.5, 0.6) is 0 Å². The predicted octanol–water partition coefficient (Wildman–Crippen LogP) is 0.598. The molecule has 0 saturated carbocycles. The number of pyridine rings is 1. The Labute approximate surface area is 70.2 Å². The molecule has 1 heterocycles. The molecule has 0 radical (unpaired) electrons. The first-order valence-electron chi connectivity index (χ1n) is 2.73. The molecule has 3 N–H and O–H groups in total. The smallest absolute Gasteiger partial charge is 0.188 e. The van der Waals surface area contributed by atoms with E-state index in [1.165, 1.54) is 0 Å². The minimum Gasteiger partial charge on any atom is -0.409 e. The zero-order valence-corrected chi connectivity index (χ0v) is 6.45. The molecule has 0 saturated heterocycles. The first kappa shape index (κ1) is 9.71. The highest BCUT2D eigenvalue weighted by Gasteiger charge is 1.95. The van der Waals surface area contributed by atoms with E-state index in [1.807, 2.05) is 0 Å². The molecule has 0 atom stereocenters. The van der Waals surface area contributed by atoms with Crippen molar-refractivity contribution in [2.45, 2.75) is 0 Å². The summed E-state index contributed by atoms with van der Waals surface area (Å²) in [4.78, 5) is 3.83. The summed E-state index contributed by atoms with van der Waals surface area (Å²) in [6.45, 7) is 0. The third-order valence-electron chi connectivity index (χ3n) is 1.04. The average molecular weight is 174 g/mol. The van der Waals surface area contributed by atoms with Gasteiger partial charge in [-0.3, -0.25) is 4.98 Å². The number of nitrogens with two attached hydrogens (primary N) is 1. The first-order chi connectivity index (χ1) is 4.84. The maximum absolute atomic E-state index is 8.21. The van der Waals surface area contributed by atoms with Crippen LogP contribution in [0.25, 0.3) is 0 Å². The van der Waals surface area contributed by atoms with Crippen LogP contribution in [0.1, 0.15) is 5.69 Å². The van der Waals surface area contributed by atoms with Crippen LogP contribution >= 0.6 is 12.4 Å². The number of aromatic nitrogens is 1. The number of rotatable bonds is 1. The van der Waals surface area contributed by atoms with Crippen molar-refractivity contribution in [2.75, 3.05) is 0 Å². The van der Waals surface area contributed by atoms with Crippen LogP contribution in [-0.4, -0.2) is 16.0 Å². The molecule has 1 aromatic heterocycles. The minimum atomic E-state index is 0. The molecule has 1 rings (SSSR count). The van der Waals surface area contributed by atoms with E-state index >= 15 is 0 Å². The van der Waals surface area contributed by atoms with Crippen molar-refractivity contribution in [3.05, 3.63) is 30.1 Å². The Morgan fingerprint density at radius 1 is 1.55 bits per heavy atom. The highest BCUT2D eigenvalue weighted by Crippen LogP contribution is 1.90. The molecular weight excluding hydrogens is 166 g/mol. The Kier molecular flexibility index (Phi) is 3.98. The Bertz CT molecular complexity index is 237. The summed E-state index contributed by atoms with van der Waals surface area (Å²) in [5.41, 5.74) is 5.71. The van der Waals surface area contributed by atoms with Crippen molar-refractivity contribution in [1.29, 1.82) is 0 Å². The van der Waals surface area contributed by atoms with Gasteiger partial charge in [0.05, 0.1) is 0 Å².